The van der Waals surface area contributed by atoms with Crippen molar-refractivity contribution in [3.8, 4) is 0 Å². The molecule has 0 radical (unpaired) electrons. The Bertz CT molecular complexity index is 707. The van der Waals surface area contributed by atoms with E-state index in [-0.39, 0.29) is 12.5 Å². The van der Waals surface area contributed by atoms with Gasteiger partial charge >= 0.3 is 6.03 Å². The Morgan fingerprint density at radius 1 is 1.27 bits per heavy atom. The molecule has 1 aliphatic rings. The lowest BCUT2D eigenvalue weighted by atomic mass is 9.94. The van der Waals surface area contributed by atoms with Crippen molar-refractivity contribution in [1.82, 2.24) is 10.2 Å². The second-order valence-electron chi connectivity index (χ2n) is 7.00. The number of nitrogens with one attached hydrogen (secondary N) is 2. The number of rotatable bonds is 8. The number of aryl methyl sites for hydroxylation is 1. The summed E-state index contributed by atoms with van der Waals surface area (Å²) in [5.41, 5.74) is 0.744. The van der Waals surface area contributed by atoms with Crippen LogP contribution < -0.4 is 10.6 Å². The first-order chi connectivity index (χ1) is 12.3. The number of benzene rings is 1. The number of carbonyl (C=O) groups excluding carboxylic acids is 3. The van der Waals surface area contributed by atoms with Gasteiger partial charge in [-0.05, 0) is 53.9 Å². The van der Waals surface area contributed by atoms with Gasteiger partial charge in [0.2, 0.25) is 5.91 Å². The molecule has 1 heterocycles. The molecule has 0 spiro atoms. The summed E-state index contributed by atoms with van der Waals surface area (Å²) in [6.45, 7) is 5.51. The van der Waals surface area contributed by atoms with Gasteiger partial charge in [0.05, 0.1) is 5.69 Å². The topological polar surface area (TPSA) is 78.5 Å². The molecule has 1 fully saturated rings. The van der Waals surface area contributed by atoms with Crippen molar-refractivity contribution in [2.24, 2.45) is 0 Å². The predicted octanol–water partition coefficient (Wildman–Crippen LogP) is 3.98. The van der Waals surface area contributed by atoms with Gasteiger partial charge in [-0.3, -0.25) is 14.5 Å². The second-order valence-corrected chi connectivity index (χ2v) is 7.85. The van der Waals surface area contributed by atoms with Gasteiger partial charge in [-0.2, -0.15) is 0 Å². The summed E-state index contributed by atoms with van der Waals surface area (Å²) in [7, 11) is 0. The molecule has 0 aromatic heterocycles. The van der Waals surface area contributed by atoms with E-state index in [1.54, 1.807) is 13.0 Å². The van der Waals surface area contributed by atoms with Crippen LogP contribution in [0.3, 0.4) is 0 Å². The Morgan fingerprint density at radius 2 is 2.00 bits per heavy atom. The van der Waals surface area contributed by atoms with Crippen LogP contribution in [0.25, 0.3) is 0 Å². The summed E-state index contributed by atoms with van der Waals surface area (Å²) in [6.07, 6.45) is 4.69. The lowest BCUT2D eigenvalue weighted by molar-refractivity contribution is -0.133. The van der Waals surface area contributed by atoms with Gasteiger partial charge in [-0.15, -0.1) is 0 Å². The van der Waals surface area contributed by atoms with E-state index in [1.165, 1.54) is 0 Å². The molecular weight excluding hydrogens is 398 g/mol. The fourth-order valence-electron chi connectivity index (χ4n) is 3.02. The molecule has 7 heteroatoms. The molecule has 142 valence electrons. The molecule has 0 bridgehead atoms. The third-order valence-corrected chi connectivity index (χ3v) is 5.23. The maximum Gasteiger partial charge on any atom is 0.325 e. The number of anilines is 1. The fourth-order valence-corrected chi connectivity index (χ4v) is 3.61. The Kier molecular flexibility index (Phi) is 6.81. The Hall–Kier alpha value is -1.89. The van der Waals surface area contributed by atoms with Gasteiger partial charge in [-0.25, -0.2) is 4.79 Å². The SMILES string of the molecule is CCCCCC[C@]1(C)NC(=O)N(CC(=O)Nc2ccc(C)cc2Br)C1=O. The minimum atomic E-state index is -0.921. The maximum absolute atomic E-state index is 12.7. The van der Waals surface area contributed by atoms with E-state index in [1.807, 2.05) is 19.1 Å². The molecule has 2 N–H and O–H groups in total. The molecule has 1 saturated heterocycles. The smallest absolute Gasteiger partial charge is 0.323 e. The van der Waals surface area contributed by atoms with Crippen molar-refractivity contribution in [1.29, 1.82) is 0 Å². The number of nitrogens with zero attached hydrogens (tertiary/aromatic N) is 1. The molecule has 1 atom stereocenters. The summed E-state index contributed by atoms with van der Waals surface area (Å²) >= 11 is 3.40. The van der Waals surface area contributed by atoms with Crippen LogP contribution in [0.15, 0.2) is 22.7 Å². The number of hydrogen-bond donors (Lipinski definition) is 2. The van der Waals surface area contributed by atoms with Gasteiger partial charge in [0, 0.05) is 4.47 Å². The zero-order valence-corrected chi connectivity index (χ0v) is 17.1. The Morgan fingerprint density at radius 3 is 2.65 bits per heavy atom. The van der Waals surface area contributed by atoms with E-state index < -0.39 is 17.5 Å². The van der Waals surface area contributed by atoms with Crippen LogP contribution >= 0.6 is 15.9 Å². The first kappa shape index (κ1) is 20.4. The van der Waals surface area contributed by atoms with E-state index in [4.69, 9.17) is 0 Å². The van der Waals surface area contributed by atoms with E-state index >= 15 is 0 Å². The number of halogens is 1. The highest BCUT2D eigenvalue weighted by atomic mass is 79.9. The normalized spacial score (nSPS) is 19.6. The van der Waals surface area contributed by atoms with Crippen molar-refractivity contribution in [2.75, 3.05) is 11.9 Å². The minimum absolute atomic E-state index is 0.296. The highest BCUT2D eigenvalue weighted by Crippen LogP contribution is 2.25. The lowest BCUT2D eigenvalue weighted by Crippen LogP contribution is -2.44. The van der Waals surface area contributed by atoms with Crippen molar-refractivity contribution in [3.63, 3.8) is 0 Å². The molecule has 26 heavy (non-hydrogen) atoms. The molecule has 4 amide bonds. The first-order valence-electron chi connectivity index (χ1n) is 8.97. The van der Waals surface area contributed by atoms with Crippen LogP contribution in [-0.4, -0.2) is 34.8 Å². The molecule has 1 aromatic rings. The second kappa shape index (κ2) is 8.66. The third-order valence-electron chi connectivity index (χ3n) is 4.58. The molecule has 2 rings (SSSR count). The number of hydrogen-bond acceptors (Lipinski definition) is 3. The van der Waals surface area contributed by atoms with E-state index in [0.717, 1.165) is 40.6 Å². The summed E-state index contributed by atoms with van der Waals surface area (Å²) < 4.78 is 0.754. The number of amides is 4. The minimum Gasteiger partial charge on any atom is -0.323 e. The average Bonchev–Trinajstić information content (AvgIpc) is 2.78. The summed E-state index contributed by atoms with van der Waals surface area (Å²) in [4.78, 5) is 38.1. The molecule has 1 aromatic carbocycles. The Labute approximate surface area is 162 Å². The maximum atomic E-state index is 12.7. The summed E-state index contributed by atoms with van der Waals surface area (Å²) in [5, 5.41) is 5.48. The largest absolute Gasteiger partial charge is 0.325 e. The van der Waals surface area contributed by atoms with E-state index in [2.05, 4.69) is 33.5 Å². The van der Waals surface area contributed by atoms with E-state index in [0.29, 0.717) is 12.1 Å². The predicted molar refractivity (Wildman–Crippen MR) is 105 cm³/mol. The van der Waals surface area contributed by atoms with Gasteiger partial charge in [0.15, 0.2) is 0 Å². The monoisotopic (exact) mass is 423 g/mol. The number of urea groups is 1. The van der Waals surface area contributed by atoms with Crippen LogP contribution in [0.2, 0.25) is 0 Å². The Balaban J connectivity index is 1.97. The standard InChI is InChI=1S/C19H26BrN3O3/c1-4-5-6-7-10-19(3)17(25)23(18(26)22-19)12-16(24)21-15-9-8-13(2)11-14(15)20/h8-9,11H,4-7,10,12H2,1-3H3,(H,21,24)(H,22,26)/t19-/m0/s1. The first-order valence-corrected chi connectivity index (χ1v) is 9.76. The zero-order chi connectivity index (χ0) is 19.3. The lowest BCUT2D eigenvalue weighted by Gasteiger charge is -2.21. The van der Waals surface area contributed by atoms with Crippen molar-refractivity contribution >= 4 is 39.5 Å². The van der Waals surface area contributed by atoms with Gasteiger partial charge < -0.3 is 10.6 Å². The van der Waals surface area contributed by atoms with Crippen LogP contribution in [0.1, 0.15) is 51.5 Å². The van der Waals surface area contributed by atoms with Gasteiger partial charge in [0.1, 0.15) is 12.1 Å². The number of carbonyl (C=O) groups is 3. The van der Waals surface area contributed by atoms with Crippen LogP contribution in [0, 0.1) is 6.92 Å². The van der Waals surface area contributed by atoms with Gasteiger partial charge in [-0.1, -0.05) is 38.7 Å². The molecule has 6 nitrogen and oxygen atoms in total. The van der Waals surface area contributed by atoms with Crippen molar-refractivity contribution in [3.05, 3.63) is 28.2 Å². The highest BCUT2D eigenvalue weighted by Gasteiger charge is 2.47. The molecular formula is C19H26BrN3O3. The summed E-state index contributed by atoms with van der Waals surface area (Å²) in [6, 6.07) is 5.03. The van der Waals surface area contributed by atoms with Crippen LogP contribution in [0.5, 0.6) is 0 Å². The quantitative estimate of drug-likeness (QED) is 0.490. The van der Waals surface area contributed by atoms with Crippen LogP contribution in [0.4, 0.5) is 10.5 Å². The van der Waals surface area contributed by atoms with Gasteiger partial charge in [0.25, 0.3) is 5.91 Å². The molecule has 0 aliphatic carbocycles. The van der Waals surface area contributed by atoms with E-state index in [9.17, 15) is 14.4 Å². The van der Waals surface area contributed by atoms with Crippen molar-refractivity contribution < 1.29 is 14.4 Å². The average molecular weight is 424 g/mol. The number of imide groups is 1. The third kappa shape index (κ3) is 4.84. The fraction of sp³-hybridized carbons (Fsp3) is 0.526. The van der Waals surface area contributed by atoms with Crippen LogP contribution in [-0.2, 0) is 9.59 Å². The molecule has 0 unspecified atom stereocenters. The molecule has 0 saturated carbocycles. The highest BCUT2D eigenvalue weighted by molar-refractivity contribution is 9.10. The molecule has 1 aliphatic heterocycles. The summed E-state index contributed by atoms with van der Waals surface area (Å²) in [5.74, 6) is -0.745. The number of unbranched alkanes of at least 4 members (excludes halogenated alkanes) is 3. The van der Waals surface area contributed by atoms with Crippen molar-refractivity contribution in [2.45, 2.75) is 58.4 Å². The zero-order valence-electron chi connectivity index (χ0n) is 15.5.